The van der Waals surface area contributed by atoms with Gasteiger partial charge in [0.1, 0.15) is 12.2 Å². The van der Waals surface area contributed by atoms with Crippen molar-refractivity contribution in [1.82, 2.24) is 10.6 Å². The van der Waals surface area contributed by atoms with Crippen LogP contribution in [0.15, 0.2) is 30.3 Å². The number of rotatable bonds is 6. The number of carbonyl (C=O) groups excluding carboxylic acids is 3. The fraction of sp³-hybridized carbons (Fsp3) is 0.591. The van der Waals surface area contributed by atoms with Crippen LogP contribution in [0.3, 0.4) is 0 Å². The van der Waals surface area contributed by atoms with Gasteiger partial charge in [0.05, 0.1) is 11.8 Å². The van der Waals surface area contributed by atoms with E-state index in [0.29, 0.717) is 6.42 Å². The highest BCUT2D eigenvalue weighted by molar-refractivity contribution is 5.83. The van der Waals surface area contributed by atoms with Crippen molar-refractivity contribution in [2.45, 2.75) is 70.7 Å². The fourth-order valence-corrected chi connectivity index (χ4v) is 3.52. The summed E-state index contributed by atoms with van der Waals surface area (Å²) in [7, 11) is 0. The van der Waals surface area contributed by atoms with Crippen LogP contribution in [0.25, 0.3) is 0 Å². The van der Waals surface area contributed by atoms with Gasteiger partial charge in [-0.3, -0.25) is 9.59 Å². The van der Waals surface area contributed by atoms with Crippen LogP contribution in [-0.4, -0.2) is 35.7 Å². The van der Waals surface area contributed by atoms with Crippen LogP contribution in [0.5, 0.6) is 0 Å². The molecule has 1 aromatic rings. The molecule has 0 aliphatic heterocycles. The Kier molecular flexibility index (Phi) is 6.45. The largest absolute Gasteiger partial charge is 0.460 e. The van der Waals surface area contributed by atoms with Gasteiger partial charge < -0.3 is 20.1 Å². The van der Waals surface area contributed by atoms with E-state index in [1.54, 1.807) is 0 Å². The first-order chi connectivity index (χ1) is 13.7. The molecule has 3 rings (SSSR count). The summed E-state index contributed by atoms with van der Waals surface area (Å²) in [5.41, 5.74) is 0.369. The highest BCUT2D eigenvalue weighted by atomic mass is 16.6. The van der Waals surface area contributed by atoms with Crippen LogP contribution in [0.4, 0.5) is 4.79 Å². The summed E-state index contributed by atoms with van der Waals surface area (Å²) < 4.78 is 10.7. The maximum Gasteiger partial charge on any atom is 0.407 e. The first kappa shape index (κ1) is 21.1. The molecule has 158 valence electrons. The predicted octanol–water partition coefficient (Wildman–Crippen LogP) is 2.93. The highest BCUT2D eigenvalue weighted by Crippen LogP contribution is 2.33. The Hall–Kier alpha value is -2.57. The fourth-order valence-electron chi connectivity index (χ4n) is 3.52. The Morgan fingerprint density at radius 1 is 0.931 bits per heavy atom. The van der Waals surface area contributed by atoms with Gasteiger partial charge >= 0.3 is 12.1 Å². The monoisotopic (exact) mass is 402 g/mol. The molecule has 0 saturated heterocycles. The second kappa shape index (κ2) is 8.84. The van der Waals surface area contributed by atoms with Gasteiger partial charge in [-0.15, -0.1) is 0 Å². The van der Waals surface area contributed by atoms with Crippen molar-refractivity contribution in [3.8, 4) is 0 Å². The average Bonchev–Trinajstić information content (AvgIpc) is 2.60. The number of carbonyl (C=O) groups is 3. The predicted molar refractivity (Wildman–Crippen MR) is 107 cm³/mol. The molecule has 0 unspecified atom stereocenters. The summed E-state index contributed by atoms with van der Waals surface area (Å²) in [5, 5.41) is 5.74. The third-order valence-corrected chi connectivity index (χ3v) is 5.44. The van der Waals surface area contributed by atoms with Crippen LogP contribution in [0, 0.1) is 11.8 Å². The Balaban J connectivity index is 1.42. The third-order valence-electron chi connectivity index (χ3n) is 5.44. The number of nitrogens with one attached hydrogen (secondary N) is 2. The molecular weight excluding hydrogens is 372 g/mol. The van der Waals surface area contributed by atoms with E-state index in [4.69, 9.17) is 9.47 Å². The van der Waals surface area contributed by atoms with E-state index in [9.17, 15) is 14.4 Å². The van der Waals surface area contributed by atoms with Crippen molar-refractivity contribution in [3.63, 3.8) is 0 Å². The lowest BCUT2D eigenvalue weighted by molar-refractivity contribution is -0.164. The summed E-state index contributed by atoms with van der Waals surface area (Å²) in [6, 6.07) is 9.00. The van der Waals surface area contributed by atoms with E-state index < -0.39 is 11.7 Å². The van der Waals surface area contributed by atoms with Gasteiger partial charge in [-0.05, 0) is 52.0 Å². The lowest BCUT2D eigenvalue weighted by Crippen LogP contribution is -2.58. The first-order valence-electron chi connectivity index (χ1n) is 10.2. The average molecular weight is 402 g/mol. The van der Waals surface area contributed by atoms with Gasteiger partial charge in [-0.2, -0.15) is 0 Å². The molecular formula is C22H30N2O5. The molecule has 0 spiro atoms. The number of benzene rings is 1. The van der Waals surface area contributed by atoms with Crippen molar-refractivity contribution in [2.75, 3.05) is 0 Å². The van der Waals surface area contributed by atoms with E-state index in [2.05, 4.69) is 10.6 Å². The van der Waals surface area contributed by atoms with Gasteiger partial charge in [0.25, 0.3) is 0 Å². The summed E-state index contributed by atoms with van der Waals surface area (Å²) >= 11 is 0. The van der Waals surface area contributed by atoms with E-state index in [-0.39, 0.29) is 42.4 Å². The molecule has 0 heterocycles. The van der Waals surface area contributed by atoms with Gasteiger partial charge in [-0.1, -0.05) is 30.3 Å². The van der Waals surface area contributed by atoms with Crippen LogP contribution >= 0.6 is 0 Å². The molecule has 2 amide bonds. The number of hydrogen-bond acceptors (Lipinski definition) is 5. The third kappa shape index (κ3) is 5.71. The first-order valence-corrected chi connectivity index (χ1v) is 10.2. The van der Waals surface area contributed by atoms with Crippen LogP contribution in [0.1, 0.15) is 52.0 Å². The van der Waals surface area contributed by atoms with Gasteiger partial charge in [0.2, 0.25) is 5.91 Å². The molecule has 0 radical (unpaired) electrons. The lowest BCUT2D eigenvalue weighted by Gasteiger charge is -2.40. The van der Waals surface area contributed by atoms with E-state index in [0.717, 1.165) is 24.8 Å². The van der Waals surface area contributed by atoms with Gasteiger partial charge in [0, 0.05) is 12.1 Å². The second-order valence-electron chi connectivity index (χ2n) is 8.83. The van der Waals surface area contributed by atoms with E-state index in [1.807, 2.05) is 51.1 Å². The summed E-state index contributed by atoms with van der Waals surface area (Å²) in [6.07, 6.45) is 2.40. The van der Waals surface area contributed by atoms with Crippen molar-refractivity contribution < 1.29 is 23.9 Å². The second-order valence-corrected chi connectivity index (χ2v) is 8.83. The number of ether oxygens (including phenoxy) is 2. The Morgan fingerprint density at radius 2 is 1.55 bits per heavy atom. The van der Waals surface area contributed by atoms with Gasteiger partial charge in [0.15, 0.2) is 0 Å². The standard InChI is InChI=1S/C22H30N2O5/c1-22(2,3)29-20(26)16-10-12-18(16)23-19(25)15-9-11-17(15)24-21(27)28-13-14-7-5-4-6-8-14/h4-8,15-18H,9-13H2,1-3H3,(H,23,25)(H,24,27)/t15-,16-,17+,18+/m0/s1. The molecule has 0 aromatic heterocycles. The summed E-state index contributed by atoms with van der Waals surface area (Å²) in [4.78, 5) is 36.9. The molecule has 7 nitrogen and oxygen atoms in total. The normalized spacial score (nSPS) is 25.8. The molecule has 2 aliphatic carbocycles. The molecule has 7 heteroatoms. The summed E-state index contributed by atoms with van der Waals surface area (Å²) in [6.45, 7) is 5.69. The van der Waals surface area contributed by atoms with Crippen molar-refractivity contribution in [3.05, 3.63) is 35.9 Å². The quantitative estimate of drug-likeness (QED) is 0.714. The van der Waals surface area contributed by atoms with Crippen molar-refractivity contribution in [2.24, 2.45) is 11.8 Å². The number of hydrogen-bond donors (Lipinski definition) is 2. The zero-order chi connectivity index (χ0) is 21.0. The zero-order valence-corrected chi connectivity index (χ0v) is 17.3. The van der Waals surface area contributed by atoms with Crippen molar-refractivity contribution >= 4 is 18.0 Å². The maximum absolute atomic E-state index is 12.6. The number of amides is 2. The number of esters is 1. The zero-order valence-electron chi connectivity index (χ0n) is 17.3. The molecule has 29 heavy (non-hydrogen) atoms. The molecule has 1 aromatic carbocycles. The minimum atomic E-state index is -0.537. The molecule has 0 bridgehead atoms. The van der Waals surface area contributed by atoms with E-state index in [1.165, 1.54) is 0 Å². The molecule has 2 fully saturated rings. The topological polar surface area (TPSA) is 93.7 Å². The Labute approximate surface area is 171 Å². The molecule has 2 aliphatic rings. The highest BCUT2D eigenvalue weighted by Gasteiger charge is 2.43. The Bertz CT molecular complexity index is 743. The molecule has 2 saturated carbocycles. The minimum Gasteiger partial charge on any atom is -0.460 e. The lowest BCUT2D eigenvalue weighted by atomic mass is 9.76. The SMILES string of the molecule is CC(C)(C)OC(=O)[C@H]1CC[C@H]1NC(=O)[C@H]1CC[C@H]1NC(=O)OCc1ccccc1. The molecule has 2 N–H and O–H groups in total. The van der Waals surface area contributed by atoms with Crippen LogP contribution in [0.2, 0.25) is 0 Å². The summed E-state index contributed by atoms with van der Waals surface area (Å²) in [5.74, 6) is -0.968. The Morgan fingerprint density at radius 3 is 2.10 bits per heavy atom. The smallest absolute Gasteiger partial charge is 0.407 e. The number of alkyl carbamates (subject to hydrolysis) is 1. The van der Waals surface area contributed by atoms with E-state index >= 15 is 0 Å². The minimum absolute atomic E-state index is 0.122. The van der Waals surface area contributed by atoms with Crippen LogP contribution < -0.4 is 10.6 Å². The van der Waals surface area contributed by atoms with Crippen molar-refractivity contribution in [1.29, 1.82) is 0 Å². The van der Waals surface area contributed by atoms with Crippen LogP contribution in [-0.2, 0) is 25.7 Å². The molecule has 4 atom stereocenters. The maximum atomic E-state index is 12.6. The van der Waals surface area contributed by atoms with Gasteiger partial charge in [-0.25, -0.2) is 4.79 Å².